The minimum atomic E-state index is -0.763. The summed E-state index contributed by atoms with van der Waals surface area (Å²) in [6.45, 7) is 0. The minimum absolute atomic E-state index is 0.0398. The van der Waals surface area contributed by atoms with Crippen LogP contribution in [-0.2, 0) is 4.79 Å². The number of halogens is 2. The van der Waals surface area contributed by atoms with Crippen LogP contribution in [0.15, 0.2) is 14.3 Å². The Kier molecular flexibility index (Phi) is 5.03. The van der Waals surface area contributed by atoms with Crippen molar-refractivity contribution in [3.63, 3.8) is 0 Å². The summed E-state index contributed by atoms with van der Waals surface area (Å²) in [7, 11) is 0. The van der Waals surface area contributed by atoms with E-state index in [1.165, 1.54) is 11.3 Å². The van der Waals surface area contributed by atoms with E-state index < -0.39 is 5.97 Å². The fourth-order valence-corrected chi connectivity index (χ4v) is 4.20. The number of hydrogen-bond donors (Lipinski definition) is 2. The lowest BCUT2D eigenvalue weighted by molar-refractivity contribution is -0.143. The quantitative estimate of drug-likeness (QED) is 0.799. The maximum atomic E-state index is 12.1. The molecule has 7 heteroatoms. The molecule has 2 N–H and O–H groups in total. The third-order valence-corrected chi connectivity index (χ3v) is 6.48. The van der Waals surface area contributed by atoms with Crippen molar-refractivity contribution in [2.24, 2.45) is 5.92 Å². The summed E-state index contributed by atoms with van der Waals surface area (Å²) in [5.74, 6) is -1.23. The maximum absolute atomic E-state index is 12.1. The Labute approximate surface area is 131 Å². The van der Waals surface area contributed by atoms with Crippen LogP contribution >= 0.6 is 43.2 Å². The second kappa shape index (κ2) is 6.37. The van der Waals surface area contributed by atoms with Crippen molar-refractivity contribution in [3.8, 4) is 0 Å². The van der Waals surface area contributed by atoms with E-state index in [1.54, 1.807) is 6.07 Å². The Bertz CT molecular complexity index is 484. The van der Waals surface area contributed by atoms with Gasteiger partial charge in [0.1, 0.15) is 0 Å². The van der Waals surface area contributed by atoms with Crippen molar-refractivity contribution < 1.29 is 14.7 Å². The summed E-state index contributed by atoms with van der Waals surface area (Å²) < 4.78 is 1.74. The van der Waals surface area contributed by atoms with Crippen LogP contribution in [0.25, 0.3) is 0 Å². The number of carboxylic acid groups (broad SMARTS) is 1. The van der Waals surface area contributed by atoms with E-state index in [0.29, 0.717) is 17.7 Å². The molecule has 0 radical (unpaired) electrons. The molecule has 1 aromatic rings. The number of carbonyl (C=O) groups excluding carboxylic acids is 1. The largest absolute Gasteiger partial charge is 0.481 e. The van der Waals surface area contributed by atoms with E-state index in [0.717, 1.165) is 21.1 Å². The van der Waals surface area contributed by atoms with Gasteiger partial charge < -0.3 is 10.4 Å². The first kappa shape index (κ1) is 15.0. The fourth-order valence-electron chi connectivity index (χ4n) is 2.26. The fraction of sp³-hybridized carbons (Fsp3) is 0.500. The van der Waals surface area contributed by atoms with Crippen LogP contribution < -0.4 is 5.32 Å². The van der Waals surface area contributed by atoms with Crippen LogP contribution in [0.5, 0.6) is 0 Å². The van der Waals surface area contributed by atoms with Crippen molar-refractivity contribution in [1.82, 2.24) is 5.32 Å². The standard InChI is InChI=1S/C12H13Br2NO3S/c13-8-5-9(19-10(8)14)11(16)15-7-3-1-2-6(4-7)12(17)18/h5-7H,1-4H2,(H,15,16)(H,17,18). The molecule has 0 saturated heterocycles. The highest BCUT2D eigenvalue weighted by Gasteiger charge is 2.28. The number of hydrogen-bond acceptors (Lipinski definition) is 3. The van der Waals surface area contributed by atoms with Crippen LogP contribution in [-0.4, -0.2) is 23.0 Å². The second-order valence-corrected chi connectivity index (χ2v) is 7.83. The summed E-state index contributed by atoms with van der Waals surface area (Å²) in [5.41, 5.74) is 0. The number of rotatable bonds is 3. The number of thiophene rings is 1. The topological polar surface area (TPSA) is 66.4 Å². The van der Waals surface area contributed by atoms with Gasteiger partial charge in [-0.05, 0) is 57.2 Å². The average molecular weight is 411 g/mol. The average Bonchev–Trinajstić information content (AvgIpc) is 2.70. The van der Waals surface area contributed by atoms with E-state index in [4.69, 9.17) is 5.11 Å². The molecule has 2 rings (SSSR count). The highest BCUT2D eigenvalue weighted by atomic mass is 79.9. The van der Waals surface area contributed by atoms with Gasteiger partial charge in [0.2, 0.25) is 0 Å². The Morgan fingerprint density at radius 2 is 2.11 bits per heavy atom. The molecule has 19 heavy (non-hydrogen) atoms. The van der Waals surface area contributed by atoms with E-state index in [-0.39, 0.29) is 17.9 Å². The molecule has 1 heterocycles. The molecule has 1 aliphatic rings. The molecule has 0 spiro atoms. The molecule has 2 atom stereocenters. The molecule has 0 aromatic carbocycles. The lowest BCUT2D eigenvalue weighted by atomic mass is 9.86. The van der Waals surface area contributed by atoms with Gasteiger partial charge in [0.15, 0.2) is 0 Å². The minimum Gasteiger partial charge on any atom is -0.481 e. The zero-order chi connectivity index (χ0) is 14.0. The summed E-state index contributed by atoms with van der Waals surface area (Å²) in [4.78, 5) is 23.7. The molecule has 1 fully saturated rings. The Morgan fingerprint density at radius 1 is 1.37 bits per heavy atom. The molecule has 0 aliphatic heterocycles. The zero-order valence-electron chi connectivity index (χ0n) is 9.99. The molecule has 1 aliphatic carbocycles. The third-order valence-electron chi connectivity index (χ3n) is 3.23. The summed E-state index contributed by atoms with van der Waals surface area (Å²) in [5, 5.41) is 12.0. The number of aliphatic carboxylic acids is 1. The predicted molar refractivity (Wildman–Crippen MR) is 80.6 cm³/mol. The SMILES string of the molecule is O=C(NC1CCCC(C(=O)O)C1)c1cc(Br)c(Br)s1. The molecule has 1 amide bonds. The molecule has 1 saturated carbocycles. The van der Waals surface area contributed by atoms with Crippen LogP contribution in [0.1, 0.15) is 35.4 Å². The van der Waals surface area contributed by atoms with Gasteiger partial charge in [0.25, 0.3) is 5.91 Å². The monoisotopic (exact) mass is 409 g/mol. The van der Waals surface area contributed by atoms with E-state index in [1.807, 2.05) is 0 Å². The first-order valence-corrected chi connectivity index (χ1v) is 8.36. The van der Waals surface area contributed by atoms with Crippen LogP contribution in [0.4, 0.5) is 0 Å². The number of carboxylic acids is 1. The molecular weight excluding hydrogens is 398 g/mol. The Morgan fingerprint density at radius 3 is 2.68 bits per heavy atom. The van der Waals surface area contributed by atoms with Gasteiger partial charge in [0.05, 0.1) is 14.6 Å². The van der Waals surface area contributed by atoms with Gasteiger partial charge in [0, 0.05) is 10.5 Å². The van der Waals surface area contributed by atoms with Gasteiger partial charge in [-0.1, -0.05) is 6.42 Å². The molecule has 2 unspecified atom stereocenters. The summed E-state index contributed by atoms with van der Waals surface area (Å²) in [6, 6.07) is 1.73. The van der Waals surface area contributed by atoms with Crippen molar-refractivity contribution in [2.75, 3.05) is 0 Å². The van der Waals surface area contributed by atoms with Gasteiger partial charge >= 0.3 is 5.97 Å². The summed E-state index contributed by atoms with van der Waals surface area (Å²) in [6.07, 6.45) is 2.93. The maximum Gasteiger partial charge on any atom is 0.306 e. The molecule has 104 valence electrons. The molecule has 4 nitrogen and oxygen atoms in total. The smallest absolute Gasteiger partial charge is 0.306 e. The third kappa shape index (κ3) is 3.79. The van der Waals surface area contributed by atoms with E-state index >= 15 is 0 Å². The highest BCUT2D eigenvalue weighted by molar-refractivity contribution is 9.13. The van der Waals surface area contributed by atoms with Gasteiger partial charge in [-0.15, -0.1) is 11.3 Å². The number of nitrogens with one attached hydrogen (secondary N) is 1. The normalized spacial score (nSPS) is 23.1. The summed E-state index contributed by atoms with van der Waals surface area (Å²) >= 11 is 8.06. The molecular formula is C12H13Br2NO3S. The van der Waals surface area contributed by atoms with Gasteiger partial charge in [-0.25, -0.2) is 0 Å². The van der Waals surface area contributed by atoms with E-state index in [2.05, 4.69) is 37.2 Å². The second-order valence-electron chi connectivity index (χ2n) is 4.60. The first-order chi connectivity index (χ1) is 8.97. The highest BCUT2D eigenvalue weighted by Crippen LogP contribution is 2.32. The van der Waals surface area contributed by atoms with E-state index in [9.17, 15) is 9.59 Å². The van der Waals surface area contributed by atoms with Crippen molar-refractivity contribution in [2.45, 2.75) is 31.7 Å². The molecule has 0 bridgehead atoms. The Hall–Kier alpha value is -0.400. The number of amides is 1. The molecule has 1 aromatic heterocycles. The Balaban J connectivity index is 1.97. The van der Waals surface area contributed by atoms with Crippen LogP contribution in [0.3, 0.4) is 0 Å². The van der Waals surface area contributed by atoms with Crippen molar-refractivity contribution >= 4 is 55.1 Å². The van der Waals surface area contributed by atoms with Crippen molar-refractivity contribution in [1.29, 1.82) is 0 Å². The van der Waals surface area contributed by atoms with Crippen LogP contribution in [0, 0.1) is 5.92 Å². The predicted octanol–water partition coefficient (Wildman–Crippen LogP) is 3.65. The zero-order valence-corrected chi connectivity index (χ0v) is 14.0. The van der Waals surface area contributed by atoms with Gasteiger partial charge in [-0.2, -0.15) is 0 Å². The van der Waals surface area contributed by atoms with Crippen LogP contribution in [0.2, 0.25) is 0 Å². The lowest BCUT2D eigenvalue weighted by Gasteiger charge is -2.27. The first-order valence-electron chi connectivity index (χ1n) is 5.96. The lowest BCUT2D eigenvalue weighted by Crippen LogP contribution is -2.39. The van der Waals surface area contributed by atoms with Gasteiger partial charge in [-0.3, -0.25) is 9.59 Å². The number of carbonyl (C=O) groups is 2. The van der Waals surface area contributed by atoms with Crippen molar-refractivity contribution in [3.05, 3.63) is 19.2 Å².